The summed E-state index contributed by atoms with van der Waals surface area (Å²) >= 11 is 0. The highest BCUT2D eigenvalue weighted by Crippen LogP contribution is 2.29. The van der Waals surface area contributed by atoms with Gasteiger partial charge in [-0.3, -0.25) is 0 Å². The maximum absolute atomic E-state index is 12.2. The minimum Gasteiger partial charge on any atom is -0.489 e. The predicted molar refractivity (Wildman–Crippen MR) is 112 cm³/mol. The second-order valence-electron chi connectivity index (χ2n) is 7.95. The van der Waals surface area contributed by atoms with E-state index >= 15 is 0 Å². The first-order valence-corrected chi connectivity index (χ1v) is 9.61. The molecule has 150 valence electrons. The van der Waals surface area contributed by atoms with Gasteiger partial charge in [0, 0.05) is 32.2 Å². The van der Waals surface area contributed by atoms with Crippen LogP contribution in [0.4, 0.5) is 16.2 Å². The van der Waals surface area contributed by atoms with Crippen molar-refractivity contribution in [1.29, 1.82) is 0 Å². The molecule has 2 aromatic carbocycles. The first-order chi connectivity index (χ1) is 13.3. The van der Waals surface area contributed by atoms with Crippen LogP contribution in [0.25, 0.3) is 0 Å². The monoisotopic (exact) mass is 383 g/mol. The van der Waals surface area contributed by atoms with Crippen molar-refractivity contribution >= 4 is 17.5 Å². The Labute approximate surface area is 166 Å². The van der Waals surface area contributed by atoms with Crippen LogP contribution in [0.5, 0.6) is 5.75 Å². The zero-order valence-electron chi connectivity index (χ0n) is 16.9. The lowest BCUT2D eigenvalue weighted by molar-refractivity contribution is 0.0240. The van der Waals surface area contributed by atoms with Crippen LogP contribution in [-0.4, -0.2) is 42.8 Å². The molecule has 28 heavy (non-hydrogen) atoms. The Balaban J connectivity index is 1.55. The summed E-state index contributed by atoms with van der Waals surface area (Å²) in [6.45, 7) is 8.80. The van der Waals surface area contributed by atoms with Crippen molar-refractivity contribution in [1.82, 2.24) is 4.90 Å². The normalized spacial score (nSPS) is 14.7. The molecule has 0 unspecified atom stereocenters. The summed E-state index contributed by atoms with van der Waals surface area (Å²) in [4.78, 5) is 16.1. The standard InChI is InChI=1S/C22H29N3O3/c1-22(2,3)28-21(26)25-13-11-24(12-14-25)20-10-9-18(15-19(20)23)27-16-17-7-5-4-6-8-17/h4-10,15H,11-14,16,23H2,1-3H3. The van der Waals surface area contributed by atoms with E-state index in [1.165, 1.54) is 0 Å². The minimum absolute atomic E-state index is 0.259. The van der Waals surface area contributed by atoms with E-state index in [4.69, 9.17) is 15.2 Å². The maximum atomic E-state index is 12.2. The molecule has 6 heteroatoms. The summed E-state index contributed by atoms with van der Waals surface area (Å²) in [5, 5.41) is 0. The summed E-state index contributed by atoms with van der Waals surface area (Å²) in [7, 11) is 0. The third kappa shape index (κ3) is 5.31. The number of rotatable bonds is 4. The SMILES string of the molecule is CC(C)(C)OC(=O)N1CCN(c2ccc(OCc3ccccc3)cc2N)CC1. The van der Waals surface area contributed by atoms with Gasteiger partial charge in [-0.15, -0.1) is 0 Å². The van der Waals surface area contributed by atoms with E-state index in [-0.39, 0.29) is 6.09 Å². The molecule has 1 amide bonds. The molecule has 0 atom stereocenters. The third-order valence-electron chi connectivity index (χ3n) is 4.52. The van der Waals surface area contributed by atoms with Gasteiger partial charge in [0.2, 0.25) is 0 Å². The van der Waals surface area contributed by atoms with Crippen molar-refractivity contribution < 1.29 is 14.3 Å². The fourth-order valence-electron chi connectivity index (χ4n) is 3.11. The number of benzene rings is 2. The van der Waals surface area contributed by atoms with Crippen molar-refractivity contribution in [2.75, 3.05) is 36.8 Å². The topological polar surface area (TPSA) is 68.0 Å². The van der Waals surface area contributed by atoms with Crippen molar-refractivity contribution in [3.8, 4) is 5.75 Å². The van der Waals surface area contributed by atoms with E-state index in [1.54, 1.807) is 4.90 Å². The lowest BCUT2D eigenvalue weighted by Gasteiger charge is -2.37. The second-order valence-corrected chi connectivity index (χ2v) is 7.95. The molecule has 0 aromatic heterocycles. The van der Waals surface area contributed by atoms with E-state index < -0.39 is 5.60 Å². The molecule has 0 bridgehead atoms. The van der Waals surface area contributed by atoms with E-state index in [0.717, 1.165) is 17.0 Å². The van der Waals surface area contributed by atoms with Crippen LogP contribution in [0.3, 0.4) is 0 Å². The van der Waals surface area contributed by atoms with Gasteiger partial charge in [0.25, 0.3) is 0 Å². The smallest absolute Gasteiger partial charge is 0.410 e. The second kappa shape index (κ2) is 8.42. The number of ether oxygens (including phenoxy) is 2. The predicted octanol–water partition coefficient (Wildman–Crippen LogP) is 3.90. The number of nitrogens with two attached hydrogens (primary N) is 1. The van der Waals surface area contributed by atoms with Crippen LogP contribution in [-0.2, 0) is 11.3 Å². The molecule has 3 rings (SSSR count). The molecular weight excluding hydrogens is 354 g/mol. The summed E-state index contributed by atoms with van der Waals surface area (Å²) in [5.74, 6) is 0.748. The number of piperazine rings is 1. The van der Waals surface area contributed by atoms with Crippen molar-refractivity contribution in [2.45, 2.75) is 33.0 Å². The van der Waals surface area contributed by atoms with E-state index in [0.29, 0.717) is 38.5 Å². The molecule has 1 aliphatic heterocycles. The molecule has 6 nitrogen and oxygen atoms in total. The van der Waals surface area contributed by atoms with Gasteiger partial charge in [-0.1, -0.05) is 30.3 Å². The van der Waals surface area contributed by atoms with Gasteiger partial charge in [0.05, 0.1) is 11.4 Å². The molecule has 2 N–H and O–H groups in total. The number of carbonyl (C=O) groups is 1. The Kier molecular flexibility index (Phi) is 5.97. The van der Waals surface area contributed by atoms with Gasteiger partial charge >= 0.3 is 6.09 Å². The van der Waals surface area contributed by atoms with E-state index in [2.05, 4.69) is 4.90 Å². The number of anilines is 2. The van der Waals surface area contributed by atoms with E-state index in [9.17, 15) is 4.79 Å². The number of carbonyl (C=O) groups excluding carboxylic acids is 1. The van der Waals surface area contributed by atoms with Crippen molar-refractivity contribution in [3.05, 3.63) is 54.1 Å². The quantitative estimate of drug-likeness (QED) is 0.811. The van der Waals surface area contributed by atoms with Gasteiger partial charge in [0.1, 0.15) is 18.0 Å². The van der Waals surface area contributed by atoms with Gasteiger partial charge < -0.3 is 25.0 Å². The van der Waals surface area contributed by atoms with Crippen LogP contribution < -0.4 is 15.4 Å². The molecule has 0 radical (unpaired) electrons. The highest BCUT2D eigenvalue weighted by atomic mass is 16.6. The number of nitrogen functional groups attached to an aromatic ring is 1. The molecule has 0 aliphatic carbocycles. The fraction of sp³-hybridized carbons (Fsp3) is 0.409. The lowest BCUT2D eigenvalue weighted by Crippen LogP contribution is -2.50. The number of hydrogen-bond acceptors (Lipinski definition) is 5. The Bertz CT molecular complexity index is 794. The minimum atomic E-state index is -0.478. The Morgan fingerprint density at radius 2 is 1.71 bits per heavy atom. The fourth-order valence-corrected chi connectivity index (χ4v) is 3.11. The zero-order valence-corrected chi connectivity index (χ0v) is 16.9. The van der Waals surface area contributed by atoms with Crippen molar-refractivity contribution in [2.24, 2.45) is 0 Å². The first kappa shape index (κ1) is 19.9. The molecular formula is C22H29N3O3. The largest absolute Gasteiger partial charge is 0.489 e. The summed E-state index contributed by atoms with van der Waals surface area (Å²) in [5.41, 5.74) is 8.55. The molecule has 2 aromatic rings. The number of nitrogens with zero attached hydrogens (tertiary/aromatic N) is 2. The van der Waals surface area contributed by atoms with Crippen LogP contribution in [0.1, 0.15) is 26.3 Å². The van der Waals surface area contributed by atoms with Gasteiger partial charge in [-0.25, -0.2) is 4.79 Å². The maximum Gasteiger partial charge on any atom is 0.410 e. The molecule has 1 heterocycles. The molecule has 1 aliphatic rings. The van der Waals surface area contributed by atoms with Gasteiger partial charge in [0.15, 0.2) is 0 Å². The molecule has 0 saturated carbocycles. The van der Waals surface area contributed by atoms with Gasteiger partial charge in [-0.05, 0) is 38.5 Å². The van der Waals surface area contributed by atoms with Crippen LogP contribution in [0.2, 0.25) is 0 Å². The van der Waals surface area contributed by atoms with Crippen LogP contribution >= 0.6 is 0 Å². The lowest BCUT2D eigenvalue weighted by atomic mass is 10.2. The number of hydrogen-bond donors (Lipinski definition) is 1. The van der Waals surface area contributed by atoms with Crippen molar-refractivity contribution in [3.63, 3.8) is 0 Å². The molecule has 1 saturated heterocycles. The Morgan fingerprint density at radius 3 is 2.32 bits per heavy atom. The average molecular weight is 383 g/mol. The molecule has 1 fully saturated rings. The summed E-state index contributed by atoms with van der Waals surface area (Å²) < 4.78 is 11.3. The third-order valence-corrected chi connectivity index (χ3v) is 4.52. The highest BCUT2D eigenvalue weighted by Gasteiger charge is 2.26. The summed E-state index contributed by atoms with van der Waals surface area (Å²) in [6, 6.07) is 15.8. The highest BCUT2D eigenvalue weighted by molar-refractivity contribution is 5.71. The first-order valence-electron chi connectivity index (χ1n) is 9.61. The van der Waals surface area contributed by atoms with Gasteiger partial charge in [-0.2, -0.15) is 0 Å². The van der Waals surface area contributed by atoms with Crippen LogP contribution in [0.15, 0.2) is 48.5 Å². The zero-order chi connectivity index (χ0) is 20.1. The number of amides is 1. The van der Waals surface area contributed by atoms with Crippen LogP contribution in [0, 0.1) is 0 Å². The van der Waals surface area contributed by atoms with E-state index in [1.807, 2.05) is 69.3 Å². The Hall–Kier alpha value is -2.89. The average Bonchev–Trinajstić information content (AvgIpc) is 2.66. The summed E-state index contributed by atoms with van der Waals surface area (Å²) in [6.07, 6.45) is -0.259. The molecule has 0 spiro atoms. The Morgan fingerprint density at radius 1 is 1.04 bits per heavy atom.